The van der Waals surface area contributed by atoms with Gasteiger partial charge < -0.3 is 14.8 Å². The number of nitrogens with zero attached hydrogens (tertiary/aromatic N) is 2. The third-order valence-corrected chi connectivity index (χ3v) is 5.34. The van der Waals surface area contributed by atoms with Crippen LogP contribution in [0, 0.1) is 0 Å². The number of hydrogen-bond donors (Lipinski definition) is 1. The van der Waals surface area contributed by atoms with Crippen molar-refractivity contribution in [1.82, 2.24) is 15.2 Å². The molecule has 0 unspecified atom stereocenters. The summed E-state index contributed by atoms with van der Waals surface area (Å²) in [5, 5.41) is 3.18. The van der Waals surface area contributed by atoms with Gasteiger partial charge in [0.05, 0.1) is 17.9 Å². The summed E-state index contributed by atoms with van der Waals surface area (Å²) in [6, 6.07) is 12.0. The molecule has 6 heteroatoms. The molecule has 0 aliphatic carbocycles. The molecular formula is C23H27N3O3. The van der Waals surface area contributed by atoms with Gasteiger partial charge in [-0.15, -0.1) is 0 Å². The lowest BCUT2D eigenvalue weighted by Crippen LogP contribution is -2.45. The smallest absolute Gasteiger partial charge is 0.250 e. The van der Waals surface area contributed by atoms with Crippen LogP contribution in [-0.2, 0) is 11.3 Å². The zero-order valence-corrected chi connectivity index (χ0v) is 16.8. The predicted octanol–water partition coefficient (Wildman–Crippen LogP) is 3.04. The van der Waals surface area contributed by atoms with Crippen LogP contribution in [0.1, 0.15) is 31.0 Å². The Morgan fingerprint density at radius 2 is 2.10 bits per heavy atom. The van der Waals surface area contributed by atoms with E-state index in [-0.39, 0.29) is 18.6 Å². The van der Waals surface area contributed by atoms with E-state index in [0.717, 1.165) is 49.5 Å². The Kier molecular flexibility index (Phi) is 6.10. The van der Waals surface area contributed by atoms with Crippen LogP contribution >= 0.6 is 0 Å². The lowest BCUT2D eigenvalue weighted by molar-refractivity contribution is -0.118. The second-order valence-electron chi connectivity index (χ2n) is 7.41. The van der Waals surface area contributed by atoms with Gasteiger partial charge in [0.1, 0.15) is 6.61 Å². The number of likely N-dealkylation sites (tertiary alicyclic amines) is 1. The van der Waals surface area contributed by atoms with Gasteiger partial charge in [-0.25, -0.2) is 0 Å². The van der Waals surface area contributed by atoms with E-state index in [1.54, 1.807) is 0 Å². The Bertz CT molecular complexity index is 874. The van der Waals surface area contributed by atoms with Crippen molar-refractivity contribution in [3.63, 3.8) is 0 Å². The molecule has 2 aliphatic rings. The molecular weight excluding hydrogens is 366 g/mol. The summed E-state index contributed by atoms with van der Waals surface area (Å²) in [6.07, 6.45) is 5.63. The minimum absolute atomic E-state index is 0.0411. The van der Waals surface area contributed by atoms with Crippen molar-refractivity contribution in [1.29, 1.82) is 0 Å². The van der Waals surface area contributed by atoms with Crippen molar-refractivity contribution in [3.8, 4) is 11.5 Å². The van der Waals surface area contributed by atoms with Crippen molar-refractivity contribution >= 4 is 12.0 Å². The van der Waals surface area contributed by atoms with Crippen molar-refractivity contribution in [2.24, 2.45) is 0 Å². The van der Waals surface area contributed by atoms with Gasteiger partial charge >= 0.3 is 0 Å². The molecule has 2 aliphatic heterocycles. The maximum Gasteiger partial charge on any atom is 0.250 e. The zero-order valence-electron chi connectivity index (χ0n) is 16.8. The van der Waals surface area contributed by atoms with Crippen molar-refractivity contribution in [2.45, 2.75) is 32.4 Å². The van der Waals surface area contributed by atoms with Gasteiger partial charge in [-0.1, -0.05) is 18.2 Å². The molecule has 1 N–H and O–H groups in total. The van der Waals surface area contributed by atoms with E-state index < -0.39 is 0 Å². The molecule has 1 aromatic carbocycles. The standard InChI is InChI=1S/C23H27N3O3/c1-2-28-21-8-5-6-17-14-18(16-29-22(17)21)23(27)25-19-9-12-26(13-10-19)15-20-7-3-4-11-24-20/h3-8,11,14,19H,2,9-10,12-13,15-16H2,1H3,(H,25,27). The second-order valence-corrected chi connectivity index (χ2v) is 7.41. The van der Waals surface area contributed by atoms with E-state index in [1.807, 2.05) is 49.5 Å². The van der Waals surface area contributed by atoms with Gasteiger partial charge in [0.15, 0.2) is 11.5 Å². The number of para-hydroxylation sites is 1. The molecule has 1 amide bonds. The number of ether oxygens (including phenoxy) is 2. The first-order valence-electron chi connectivity index (χ1n) is 10.2. The number of rotatable bonds is 6. The van der Waals surface area contributed by atoms with Crippen LogP contribution in [0.15, 0.2) is 48.2 Å². The fourth-order valence-corrected chi connectivity index (χ4v) is 3.81. The van der Waals surface area contributed by atoms with E-state index in [9.17, 15) is 4.79 Å². The van der Waals surface area contributed by atoms with E-state index in [4.69, 9.17) is 9.47 Å². The molecule has 152 valence electrons. The summed E-state index contributed by atoms with van der Waals surface area (Å²) >= 11 is 0. The van der Waals surface area contributed by atoms with E-state index in [1.165, 1.54) is 0 Å². The van der Waals surface area contributed by atoms with Gasteiger partial charge in [0, 0.05) is 37.4 Å². The lowest BCUT2D eigenvalue weighted by Gasteiger charge is -2.32. The fourth-order valence-electron chi connectivity index (χ4n) is 3.81. The summed E-state index contributed by atoms with van der Waals surface area (Å²) in [5.41, 5.74) is 2.63. The summed E-state index contributed by atoms with van der Waals surface area (Å²) in [6.45, 7) is 5.56. The quantitative estimate of drug-likeness (QED) is 0.817. The number of carbonyl (C=O) groups excluding carboxylic acids is 1. The van der Waals surface area contributed by atoms with Crippen LogP contribution in [0.3, 0.4) is 0 Å². The number of hydrogen-bond acceptors (Lipinski definition) is 5. The largest absolute Gasteiger partial charge is 0.490 e. The fraction of sp³-hybridized carbons (Fsp3) is 0.391. The molecule has 0 bridgehead atoms. The number of carbonyl (C=O) groups is 1. The molecule has 2 aromatic rings. The van der Waals surface area contributed by atoms with Crippen LogP contribution < -0.4 is 14.8 Å². The van der Waals surface area contributed by atoms with Gasteiger partial charge in [-0.05, 0) is 44.0 Å². The van der Waals surface area contributed by atoms with Crippen LogP contribution in [0.4, 0.5) is 0 Å². The summed E-state index contributed by atoms with van der Waals surface area (Å²) in [4.78, 5) is 19.5. The van der Waals surface area contributed by atoms with Crippen molar-refractivity contribution in [2.75, 3.05) is 26.3 Å². The molecule has 1 saturated heterocycles. The van der Waals surface area contributed by atoms with Crippen LogP contribution in [0.5, 0.6) is 11.5 Å². The highest BCUT2D eigenvalue weighted by Gasteiger charge is 2.24. The van der Waals surface area contributed by atoms with Crippen LogP contribution in [0.2, 0.25) is 0 Å². The van der Waals surface area contributed by atoms with E-state index in [0.29, 0.717) is 17.9 Å². The molecule has 4 rings (SSSR count). The SMILES string of the molecule is CCOc1cccc2c1OCC(C(=O)NC1CCN(Cc3ccccn3)CC1)=C2. The molecule has 1 fully saturated rings. The summed E-state index contributed by atoms with van der Waals surface area (Å²) in [5.74, 6) is 1.40. The topological polar surface area (TPSA) is 63.7 Å². The molecule has 0 atom stereocenters. The average Bonchev–Trinajstić information content (AvgIpc) is 2.76. The number of benzene rings is 1. The Balaban J connectivity index is 1.32. The first-order valence-corrected chi connectivity index (χ1v) is 10.2. The third kappa shape index (κ3) is 4.77. The monoisotopic (exact) mass is 393 g/mol. The highest BCUT2D eigenvalue weighted by Crippen LogP contribution is 2.35. The van der Waals surface area contributed by atoms with Gasteiger partial charge in [0.25, 0.3) is 5.91 Å². The molecule has 0 spiro atoms. The second kappa shape index (κ2) is 9.09. The summed E-state index contributed by atoms with van der Waals surface area (Å²) in [7, 11) is 0. The molecule has 3 heterocycles. The van der Waals surface area contributed by atoms with Crippen LogP contribution in [0.25, 0.3) is 6.08 Å². The van der Waals surface area contributed by atoms with Crippen molar-refractivity contribution in [3.05, 3.63) is 59.4 Å². The zero-order chi connectivity index (χ0) is 20.1. The Morgan fingerprint density at radius 3 is 2.86 bits per heavy atom. The summed E-state index contributed by atoms with van der Waals surface area (Å²) < 4.78 is 11.5. The Labute approximate surface area is 171 Å². The third-order valence-electron chi connectivity index (χ3n) is 5.34. The number of nitrogens with one attached hydrogen (secondary N) is 1. The lowest BCUT2D eigenvalue weighted by atomic mass is 10.0. The maximum absolute atomic E-state index is 12.7. The normalized spacial score (nSPS) is 17.1. The molecule has 0 saturated carbocycles. The first-order chi connectivity index (χ1) is 14.2. The molecule has 6 nitrogen and oxygen atoms in total. The van der Waals surface area contributed by atoms with Crippen molar-refractivity contribution < 1.29 is 14.3 Å². The van der Waals surface area contributed by atoms with Crippen LogP contribution in [-0.4, -0.2) is 48.1 Å². The first kappa shape index (κ1) is 19.5. The number of pyridine rings is 1. The number of piperidine rings is 1. The van der Waals surface area contributed by atoms with Gasteiger partial charge in [0.2, 0.25) is 0 Å². The maximum atomic E-state index is 12.7. The van der Waals surface area contributed by atoms with Gasteiger partial charge in [-0.2, -0.15) is 0 Å². The number of fused-ring (bicyclic) bond motifs is 1. The minimum Gasteiger partial charge on any atom is -0.490 e. The molecule has 1 aromatic heterocycles. The predicted molar refractivity (Wildman–Crippen MR) is 112 cm³/mol. The Morgan fingerprint density at radius 1 is 1.24 bits per heavy atom. The highest BCUT2D eigenvalue weighted by molar-refractivity contribution is 5.99. The average molecular weight is 393 g/mol. The van der Waals surface area contributed by atoms with E-state index in [2.05, 4.69) is 21.3 Å². The molecule has 0 radical (unpaired) electrons. The van der Waals surface area contributed by atoms with Gasteiger partial charge in [-0.3, -0.25) is 14.7 Å². The Hall–Kier alpha value is -2.86. The highest BCUT2D eigenvalue weighted by atomic mass is 16.5. The number of aromatic nitrogens is 1. The molecule has 29 heavy (non-hydrogen) atoms. The minimum atomic E-state index is -0.0411. The van der Waals surface area contributed by atoms with E-state index >= 15 is 0 Å². The number of amides is 1.